The number of H-pyrrole nitrogens is 1. The van der Waals surface area contributed by atoms with E-state index in [2.05, 4.69) is 20.4 Å². The number of phenolic OH excluding ortho intramolecular Hbond substituents is 1. The van der Waals surface area contributed by atoms with Crippen LogP contribution in [-0.2, 0) is 0 Å². The minimum absolute atomic E-state index is 0.197. The Morgan fingerprint density at radius 3 is 2.41 bits per heavy atom. The molecule has 0 amide bonds. The number of hydrogen-bond donors (Lipinski definition) is 2. The molecule has 0 fully saturated rings. The normalized spacial score (nSPS) is 10.9. The van der Waals surface area contributed by atoms with Gasteiger partial charge >= 0.3 is 0 Å². The lowest BCUT2D eigenvalue weighted by molar-refractivity contribution is 0.477. The van der Waals surface area contributed by atoms with Gasteiger partial charge in [0.1, 0.15) is 5.75 Å². The van der Waals surface area contributed by atoms with E-state index in [0.717, 1.165) is 39.2 Å². The molecule has 3 aromatic rings. The topological polar surface area (TPSA) is 74.7 Å². The third-order valence-corrected chi connectivity index (χ3v) is 4.17. The largest absolute Gasteiger partial charge is 0.507 e. The van der Waals surface area contributed by atoms with Crippen LogP contribution >= 0.6 is 0 Å². The molecule has 0 aliphatic rings. The summed E-state index contributed by atoms with van der Waals surface area (Å²) in [6.07, 6.45) is 3.55. The first kappa shape index (κ1) is 14.3. The molecule has 0 atom stereocenters. The second kappa shape index (κ2) is 5.26. The highest BCUT2D eigenvalue weighted by molar-refractivity contribution is 5.78. The predicted molar refractivity (Wildman–Crippen MR) is 85.7 cm³/mol. The van der Waals surface area contributed by atoms with E-state index in [1.807, 2.05) is 40.0 Å². The van der Waals surface area contributed by atoms with Gasteiger partial charge in [-0.05, 0) is 62.1 Å². The van der Waals surface area contributed by atoms with Crippen LogP contribution < -0.4 is 0 Å². The maximum absolute atomic E-state index is 10.5. The monoisotopic (exact) mass is 294 g/mol. The van der Waals surface area contributed by atoms with Crippen molar-refractivity contribution in [3.63, 3.8) is 0 Å². The average molecular weight is 294 g/mol. The van der Waals surface area contributed by atoms with Gasteiger partial charge in [-0.3, -0.25) is 5.10 Å². The fourth-order valence-corrected chi connectivity index (χ4v) is 2.58. The summed E-state index contributed by atoms with van der Waals surface area (Å²) in [4.78, 5) is 0. The first-order valence-corrected chi connectivity index (χ1v) is 7.12. The SMILES string of the molecule is Cc1cc(-c2nnc(C)c(C)c2C)c(O)cc1-c1cn[nH]c1. The van der Waals surface area contributed by atoms with E-state index < -0.39 is 0 Å². The van der Waals surface area contributed by atoms with Crippen molar-refractivity contribution in [2.24, 2.45) is 0 Å². The Morgan fingerprint density at radius 1 is 0.955 bits per heavy atom. The fourth-order valence-electron chi connectivity index (χ4n) is 2.58. The van der Waals surface area contributed by atoms with E-state index in [1.54, 1.807) is 12.3 Å². The molecule has 0 saturated carbocycles. The summed E-state index contributed by atoms with van der Waals surface area (Å²) in [5.41, 5.74) is 7.42. The highest BCUT2D eigenvalue weighted by Crippen LogP contribution is 2.36. The first-order valence-electron chi connectivity index (χ1n) is 7.12. The zero-order valence-electron chi connectivity index (χ0n) is 13.1. The summed E-state index contributed by atoms with van der Waals surface area (Å²) >= 11 is 0. The summed E-state index contributed by atoms with van der Waals surface area (Å²) in [5, 5.41) is 25.7. The standard InChI is InChI=1S/C17H18N4O/c1-9-5-15(17-11(3)10(2)12(4)20-21-17)16(22)6-14(9)13-7-18-19-8-13/h5-8,22H,1-4H3,(H,18,19). The molecule has 2 N–H and O–H groups in total. The Bertz CT molecular complexity index is 838. The van der Waals surface area contributed by atoms with Gasteiger partial charge in [0.05, 0.1) is 17.6 Å². The maximum Gasteiger partial charge on any atom is 0.125 e. The first-order chi connectivity index (χ1) is 10.5. The van der Waals surface area contributed by atoms with Crippen molar-refractivity contribution in [2.45, 2.75) is 27.7 Å². The van der Waals surface area contributed by atoms with Crippen LogP contribution in [0.2, 0.25) is 0 Å². The molecule has 1 aromatic carbocycles. The smallest absolute Gasteiger partial charge is 0.125 e. The Balaban J connectivity index is 2.18. The molecule has 22 heavy (non-hydrogen) atoms. The van der Waals surface area contributed by atoms with Crippen molar-refractivity contribution in [3.05, 3.63) is 46.9 Å². The molecular weight excluding hydrogens is 276 g/mol. The van der Waals surface area contributed by atoms with Gasteiger partial charge in [-0.1, -0.05) is 0 Å². The zero-order chi connectivity index (χ0) is 15.9. The molecule has 0 radical (unpaired) electrons. The number of aromatic amines is 1. The molecule has 2 heterocycles. The summed E-state index contributed by atoms with van der Waals surface area (Å²) in [7, 11) is 0. The second-order valence-electron chi connectivity index (χ2n) is 5.56. The van der Waals surface area contributed by atoms with Crippen molar-refractivity contribution >= 4 is 0 Å². The minimum Gasteiger partial charge on any atom is -0.507 e. The van der Waals surface area contributed by atoms with E-state index >= 15 is 0 Å². The molecule has 5 nitrogen and oxygen atoms in total. The van der Waals surface area contributed by atoms with Gasteiger partial charge in [0.2, 0.25) is 0 Å². The lowest BCUT2D eigenvalue weighted by Crippen LogP contribution is -1.99. The number of aromatic hydroxyl groups is 1. The highest BCUT2D eigenvalue weighted by atomic mass is 16.3. The molecule has 5 heteroatoms. The van der Waals surface area contributed by atoms with Gasteiger partial charge in [0.25, 0.3) is 0 Å². The van der Waals surface area contributed by atoms with E-state index in [0.29, 0.717) is 5.56 Å². The molecule has 0 bridgehead atoms. The Labute approximate surface area is 129 Å². The van der Waals surface area contributed by atoms with Gasteiger partial charge < -0.3 is 5.11 Å². The van der Waals surface area contributed by atoms with Crippen molar-refractivity contribution in [1.82, 2.24) is 20.4 Å². The number of rotatable bonds is 2. The molecule has 0 unspecified atom stereocenters. The number of benzene rings is 1. The molecule has 0 aliphatic heterocycles. The Hall–Kier alpha value is -2.69. The molecule has 0 spiro atoms. The summed E-state index contributed by atoms with van der Waals surface area (Å²) in [5.74, 6) is 0.197. The third-order valence-electron chi connectivity index (χ3n) is 4.17. The van der Waals surface area contributed by atoms with Gasteiger partial charge in [-0.15, -0.1) is 5.10 Å². The van der Waals surface area contributed by atoms with Crippen LogP contribution in [0.3, 0.4) is 0 Å². The maximum atomic E-state index is 10.5. The Kier molecular flexibility index (Phi) is 3.41. The van der Waals surface area contributed by atoms with Gasteiger partial charge in [0, 0.05) is 17.3 Å². The zero-order valence-corrected chi connectivity index (χ0v) is 13.1. The second-order valence-corrected chi connectivity index (χ2v) is 5.56. The van der Waals surface area contributed by atoms with Crippen LogP contribution in [0.15, 0.2) is 24.5 Å². The van der Waals surface area contributed by atoms with E-state index in [9.17, 15) is 5.11 Å². The Morgan fingerprint density at radius 2 is 1.73 bits per heavy atom. The quantitative estimate of drug-likeness (QED) is 0.759. The molecule has 0 saturated heterocycles. The number of phenols is 1. The van der Waals surface area contributed by atoms with Gasteiger partial charge in [-0.2, -0.15) is 10.2 Å². The van der Waals surface area contributed by atoms with Gasteiger partial charge in [0.15, 0.2) is 0 Å². The van der Waals surface area contributed by atoms with Crippen LogP contribution in [0.4, 0.5) is 0 Å². The van der Waals surface area contributed by atoms with Crippen LogP contribution in [-0.4, -0.2) is 25.5 Å². The lowest BCUT2D eigenvalue weighted by Gasteiger charge is -2.13. The van der Waals surface area contributed by atoms with Crippen molar-refractivity contribution in [1.29, 1.82) is 0 Å². The van der Waals surface area contributed by atoms with E-state index in [4.69, 9.17) is 0 Å². The molecule has 2 aromatic heterocycles. The van der Waals surface area contributed by atoms with E-state index in [-0.39, 0.29) is 5.75 Å². The molecule has 112 valence electrons. The number of nitrogens with zero attached hydrogens (tertiary/aromatic N) is 3. The van der Waals surface area contributed by atoms with Gasteiger partial charge in [-0.25, -0.2) is 0 Å². The summed E-state index contributed by atoms with van der Waals surface area (Å²) in [6, 6.07) is 3.70. The van der Waals surface area contributed by atoms with Crippen molar-refractivity contribution in [2.75, 3.05) is 0 Å². The summed E-state index contributed by atoms with van der Waals surface area (Å²) < 4.78 is 0. The van der Waals surface area contributed by atoms with Crippen molar-refractivity contribution in [3.8, 4) is 28.1 Å². The number of nitrogens with one attached hydrogen (secondary N) is 1. The van der Waals surface area contributed by atoms with Crippen molar-refractivity contribution < 1.29 is 5.11 Å². The molecule has 3 rings (SSSR count). The van der Waals surface area contributed by atoms with E-state index in [1.165, 1.54) is 0 Å². The molecular formula is C17H18N4O. The number of hydrogen-bond acceptors (Lipinski definition) is 4. The van der Waals surface area contributed by atoms with Crippen LogP contribution in [0.1, 0.15) is 22.4 Å². The summed E-state index contributed by atoms with van der Waals surface area (Å²) in [6.45, 7) is 7.97. The fraction of sp³-hybridized carbons (Fsp3) is 0.235. The minimum atomic E-state index is 0.197. The average Bonchev–Trinajstić information content (AvgIpc) is 3.01. The molecule has 0 aliphatic carbocycles. The van der Waals surface area contributed by atoms with Crippen LogP contribution in [0, 0.1) is 27.7 Å². The van der Waals surface area contributed by atoms with Crippen LogP contribution in [0.5, 0.6) is 5.75 Å². The predicted octanol–water partition coefficient (Wildman–Crippen LogP) is 3.47. The highest BCUT2D eigenvalue weighted by Gasteiger charge is 2.15. The number of aryl methyl sites for hydroxylation is 2. The third kappa shape index (κ3) is 2.24. The number of aromatic nitrogens is 4. The van der Waals surface area contributed by atoms with Crippen LogP contribution in [0.25, 0.3) is 22.4 Å². The lowest BCUT2D eigenvalue weighted by atomic mass is 9.96.